The first-order chi connectivity index (χ1) is 11.7. The van der Waals surface area contributed by atoms with Crippen LogP contribution in [0, 0.1) is 0 Å². The topological polar surface area (TPSA) is 74.1 Å². The molecule has 2 aromatic heterocycles. The molecule has 1 saturated heterocycles. The van der Waals surface area contributed by atoms with Gasteiger partial charge in [0.05, 0.1) is 17.7 Å². The molecule has 0 radical (unpaired) electrons. The van der Waals surface area contributed by atoms with Crippen molar-refractivity contribution >= 4 is 17.3 Å². The van der Waals surface area contributed by atoms with Crippen LogP contribution in [-0.4, -0.2) is 45.2 Å². The van der Waals surface area contributed by atoms with Crippen LogP contribution in [0.1, 0.15) is 6.92 Å². The van der Waals surface area contributed by atoms with Crippen molar-refractivity contribution in [2.24, 2.45) is 0 Å². The maximum atomic E-state index is 4.43. The van der Waals surface area contributed by atoms with E-state index in [2.05, 4.69) is 44.1 Å². The number of imidazole rings is 1. The molecule has 4 rings (SSSR count). The van der Waals surface area contributed by atoms with Crippen LogP contribution in [0.25, 0.3) is 5.70 Å². The van der Waals surface area contributed by atoms with E-state index >= 15 is 0 Å². The number of hydrazine groups is 1. The van der Waals surface area contributed by atoms with Crippen molar-refractivity contribution in [2.45, 2.75) is 13.0 Å². The summed E-state index contributed by atoms with van der Waals surface area (Å²) in [5.74, 6) is 1.70. The van der Waals surface area contributed by atoms with Gasteiger partial charge in [-0.3, -0.25) is 5.43 Å². The maximum absolute atomic E-state index is 4.43. The number of hydrogen-bond donors (Lipinski definition) is 2. The highest BCUT2D eigenvalue weighted by Gasteiger charge is 2.23. The van der Waals surface area contributed by atoms with Crippen molar-refractivity contribution in [1.29, 1.82) is 0 Å². The first kappa shape index (κ1) is 14.7. The molecule has 24 heavy (non-hydrogen) atoms. The summed E-state index contributed by atoms with van der Waals surface area (Å²) < 4.78 is 1.91. The number of allylic oxidation sites excluding steroid dienone is 1. The predicted molar refractivity (Wildman–Crippen MR) is 93.0 cm³/mol. The average molecular weight is 324 g/mol. The molecule has 0 spiro atoms. The number of piperazine rings is 1. The fourth-order valence-corrected chi connectivity index (χ4v) is 3.00. The molecule has 8 heteroatoms. The second-order valence-corrected chi connectivity index (χ2v) is 5.95. The van der Waals surface area contributed by atoms with Gasteiger partial charge in [0.25, 0.3) is 0 Å². The lowest BCUT2D eigenvalue weighted by atomic mass is 10.2. The van der Waals surface area contributed by atoms with Gasteiger partial charge in [0.1, 0.15) is 12.1 Å². The smallest absolute Gasteiger partial charge is 0.157 e. The van der Waals surface area contributed by atoms with Crippen LogP contribution in [0.5, 0.6) is 0 Å². The van der Waals surface area contributed by atoms with E-state index in [-0.39, 0.29) is 0 Å². The van der Waals surface area contributed by atoms with Crippen LogP contribution in [0.15, 0.2) is 49.6 Å². The molecule has 8 nitrogen and oxygen atoms in total. The third-order valence-corrected chi connectivity index (χ3v) is 4.24. The summed E-state index contributed by atoms with van der Waals surface area (Å²) in [4.78, 5) is 15.2. The molecule has 2 aromatic rings. The molecule has 0 saturated carbocycles. The van der Waals surface area contributed by atoms with Gasteiger partial charge >= 0.3 is 0 Å². The Morgan fingerprint density at radius 2 is 2.17 bits per heavy atom. The van der Waals surface area contributed by atoms with Crippen LogP contribution in [0.3, 0.4) is 0 Å². The van der Waals surface area contributed by atoms with Gasteiger partial charge in [0.15, 0.2) is 5.82 Å². The molecule has 0 amide bonds. The highest BCUT2D eigenvalue weighted by atomic mass is 15.6. The van der Waals surface area contributed by atoms with Gasteiger partial charge < -0.3 is 14.8 Å². The number of nitrogens with one attached hydrogen (secondary N) is 2. The van der Waals surface area contributed by atoms with Crippen LogP contribution in [0.4, 0.5) is 11.6 Å². The molecule has 124 valence electrons. The summed E-state index contributed by atoms with van der Waals surface area (Å²) in [6.45, 7) is 9.18. The first-order valence-electron chi connectivity index (χ1n) is 7.97. The van der Waals surface area contributed by atoms with E-state index in [0.717, 1.165) is 42.7 Å². The lowest BCUT2D eigenvalue weighted by molar-refractivity contribution is 0.482. The van der Waals surface area contributed by atoms with Crippen molar-refractivity contribution in [1.82, 2.24) is 30.3 Å². The molecule has 0 aromatic carbocycles. The number of rotatable bonds is 3. The van der Waals surface area contributed by atoms with Crippen LogP contribution in [0.2, 0.25) is 0 Å². The van der Waals surface area contributed by atoms with Gasteiger partial charge in [-0.05, 0) is 6.92 Å². The molecule has 1 atom stereocenters. The van der Waals surface area contributed by atoms with Crippen LogP contribution in [-0.2, 0) is 0 Å². The minimum atomic E-state index is 0.451. The minimum absolute atomic E-state index is 0.451. The number of aromatic nitrogens is 4. The fourth-order valence-electron chi connectivity index (χ4n) is 3.00. The Labute approximate surface area is 140 Å². The quantitative estimate of drug-likeness (QED) is 0.865. The van der Waals surface area contributed by atoms with Gasteiger partial charge in [0, 0.05) is 50.3 Å². The minimum Gasteiger partial charge on any atom is -0.354 e. The van der Waals surface area contributed by atoms with E-state index in [1.807, 2.05) is 28.0 Å². The number of nitrogens with zero attached hydrogens (tertiary/aromatic N) is 6. The first-order valence-corrected chi connectivity index (χ1v) is 7.97. The van der Waals surface area contributed by atoms with Gasteiger partial charge in [-0.2, -0.15) is 0 Å². The molecule has 4 heterocycles. The van der Waals surface area contributed by atoms with E-state index in [0.29, 0.717) is 6.04 Å². The Morgan fingerprint density at radius 1 is 1.29 bits per heavy atom. The largest absolute Gasteiger partial charge is 0.354 e. The Hall–Kier alpha value is -2.87. The zero-order chi connectivity index (χ0) is 16.5. The molecule has 0 bridgehead atoms. The molecule has 2 aliphatic heterocycles. The lowest BCUT2D eigenvalue weighted by Crippen LogP contribution is -2.49. The zero-order valence-electron chi connectivity index (χ0n) is 13.6. The van der Waals surface area contributed by atoms with E-state index in [1.165, 1.54) is 0 Å². The number of hydrogen-bond acceptors (Lipinski definition) is 7. The van der Waals surface area contributed by atoms with Gasteiger partial charge in [0.2, 0.25) is 0 Å². The Kier molecular flexibility index (Phi) is 3.66. The highest BCUT2D eigenvalue weighted by Crippen LogP contribution is 2.27. The van der Waals surface area contributed by atoms with E-state index < -0.39 is 0 Å². The zero-order valence-corrected chi connectivity index (χ0v) is 13.6. The second-order valence-electron chi connectivity index (χ2n) is 5.95. The number of anilines is 2. The van der Waals surface area contributed by atoms with Crippen molar-refractivity contribution in [3.8, 4) is 0 Å². The molecular formula is C16H20N8. The summed E-state index contributed by atoms with van der Waals surface area (Å²) in [6.07, 6.45) is 8.86. The maximum Gasteiger partial charge on any atom is 0.157 e. The Bertz CT molecular complexity index is 766. The van der Waals surface area contributed by atoms with E-state index in [4.69, 9.17) is 0 Å². The predicted octanol–water partition coefficient (Wildman–Crippen LogP) is 0.808. The van der Waals surface area contributed by atoms with Crippen molar-refractivity contribution in [3.63, 3.8) is 0 Å². The standard InChI is InChI=1S/C16H20N8/c1-12-9-22(6-4-18-12)15-7-16(20-10-19-15)24-13(2)14(8-21-24)23-5-3-17-11-23/h3,5,7-8,10-12,18,21H,2,4,6,9H2,1H3. The monoisotopic (exact) mass is 324 g/mol. The average Bonchev–Trinajstić information content (AvgIpc) is 3.24. The molecular weight excluding hydrogens is 304 g/mol. The van der Waals surface area contributed by atoms with Gasteiger partial charge in [-0.15, -0.1) is 0 Å². The lowest BCUT2D eigenvalue weighted by Gasteiger charge is -2.33. The summed E-state index contributed by atoms with van der Waals surface area (Å²) in [5, 5.41) is 5.29. The van der Waals surface area contributed by atoms with Gasteiger partial charge in [-0.25, -0.2) is 20.0 Å². The molecule has 2 N–H and O–H groups in total. The van der Waals surface area contributed by atoms with E-state index in [1.54, 1.807) is 18.9 Å². The molecule has 1 fully saturated rings. The van der Waals surface area contributed by atoms with Crippen molar-refractivity contribution in [2.75, 3.05) is 29.5 Å². The Morgan fingerprint density at radius 3 is 2.96 bits per heavy atom. The SMILES string of the molecule is C=C1C(n2ccnc2)=CNN1c1cc(N2CCNC(C)C2)ncn1. The summed E-state index contributed by atoms with van der Waals surface area (Å²) in [7, 11) is 0. The third kappa shape index (κ3) is 2.61. The fraction of sp³-hybridized carbons (Fsp3) is 0.312. The summed E-state index contributed by atoms with van der Waals surface area (Å²) in [5.41, 5.74) is 4.95. The van der Waals surface area contributed by atoms with E-state index in [9.17, 15) is 0 Å². The van der Waals surface area contributed by atoms with Crippen molar-refractivity contribution < 1.29 is 0 Å². The molecule has 1 unspecified atom stereocenters. The van der Waals surface area contributed by atoms with Crippen molar-refractivity contribution in [3.05, 3.63) is 49.6 Å². The van der Waals surface area contributed by atoms with Crippen LogP contribution < -0.4 is 20.7 Å². The third-order valence-electron chi connectivity index (χ3n) is 4.24. The highest BCUT2D eigenvalue weighted by molar-refractivity contribution is 5.74. The van der Waals surface area contributed by atoms with Crippen LogP contribution >= 0.6 is 0 Å². The normalized spacial score (nSPS) is 21.0. The summed E-state index contributed by atoms with van der Waals surface area (Å²) in [6, 6.07) is 2.44. The second kappa shape index (κ2) is 5.97. The Balaban J connectivity index is 1.55. The molecule has 2 aliphatic rings. The van der Waals surface area contributed by atoms with Gasteiger partial charge in [-0.1, -0.05) is 6.58 Å². The summed E-state index contributed by atoms with van der Waals surface area (Å²) >= 11 is 0. The molecule has 0 aliphatic carbocycles.